The zero-order valence-electron chi connectivity index (χ0n) is 8.43. The van der Waals surface area contributed by atoms with Gasteiger partial charge in [-0.3, -0.25) is 9.69 Å². The molecule has 6 heteroatoms. The molecular formula is C8H18Cl2N2O2. The first-order valence-electron chi connectivity index (χ1n) is 4.18. The summed E-state index contributed by atoms with van der Waals surface area (Å²) in [5.41, 5.74) is 5.54. The Morgan fingerprint density at radius 3 is 2.57 bits per heavy atom. The second-order valence-electron chi connectivity index (χ2n) is 3.23. The van der Waals surface area contributed by atoms with Crippen molar-refractivity contribution < 1.29 is 9.53 Å². The number of carbonyl (C=O) groups is 1. The first kappa shape index (κ1) is 16.4. The monoisotopic (exact) mass is 244 g/mol. The van der Waals surface area contributed by atoms with E-state index >= 15 is 0 Å². The minimum atomic E-state index is -0.162. The molecule has 2 atom stereocenters. The number of esters is 1. The molecule has 1 saturated heterocycles. The van der Waals surface area contributed by atoms with Crippen molar-refractivity contribution in [1.82, 2.24) is 4.90 Å². The third kappa shape index (κ3) is 3.28. The Morgan fingerprint density at radius 1 is 1.57 bits per heavy atom. The van der Waals surface area contributed by atoms with E-state index in [-0.39, 0.29) is 42.7 Å². The Labute approximate surface area is 97.0 Å². The minimum Gasteiger partial charge on any atom is -0.468 e. The molecule has 4 nitrogen and oxygen atoms in total. The Balaban J connectivity index is 0. The molecule has 0 aliphatic carbocycles. The quantitative estimate of drug-likeness (QED) is 0.710. The Bertz CT molecular complexity index is 181. The van der Waals surface area contributed by atoms with Crippen LogP contribution >= 0.6 is 24.8 Å². The second-order valence-corrected chi connectivity index (χ2v) is 3.23. The van der Waals surface area contributed by atoms with Gasteiger partial charge in [0.1, 0.15) is 6.04 Å². The summed E-state index contributed by atoms with van der Waals surface area (Å²) in [6.45, 7) is 1.49. The second kappa shape index (κ2) is 7.29. The fourth-order valence-electron chi connectivity index (χ4n) is 1.77. The largest absolute Gasteiger partial charge is 0.468 e. The van der Waals surface area contributed by atoms with Crippen molar-refractivity contribution in [1.29, 1.82) is 0 Å². The molecule has 1 rings (SSSR count). The lowest BCUT2D eigenvalue weighted by Gasteiger charge is -2.20. The van der Waals surface area contributed by atoms with Crippen molar-refractivity contribution >= 4 is 30.8 Å². The zero-order valence-corrected chi connectivity index (χ0v) is 10.1. The van der Waals surface area contributed by atoms with Crippen molar-refractivity contribution in [3.8, 4) is 0 Å². The number of likely N-dealkylation sites (N-methyl/N-ethyl adjacent to an activating group) is 1. The van der Waals surface area contributed by atoms with E-state index in [1.54, 1.807) is 0 Å². The van der Waals surface area contributed by atoms with Gasteiger partial charge >= 0.3 is 5.97 Å². The molecule has 0 aromatic rings. The van der Waals surface area contributed by atoms with E-state index in [0.29, 0.717) is 6.54 Å². The summed E-state index contributed by atoms with van der Waals surface area (Å²) >= 11 is 0. The molecule has 86 valence electrons. The number of rotatable bonds is 2. The van der Waals surface area contributed by atoms with E-state index in [2.05, 4.69) is 0 Å². The van der Waals surface area contributed by atoms with Crippen LogP contribution in [0.15, 0.2) is 0 Å². The number of hydrogen-bond acceptors (Lipinski definition) is 4. The number of nitrogens with zero attached hydrogens (tertiary/aromatic N) is 1. The third-order valence-electron chi connectivity index (χ3n) is 2.52. The van der Waals surface area contributed by atoms with Gasteiger partial charge in [0.25, 0.3) is 0 Å². The first-order chi connectivity index (χ1) is 5.70. The lowest BCUT2D eigenvalue weighted by atomic mass is 10.0. The van der Waals surface area contributed by atoms with Gasteiger partial charge in [-0.1, -0.05) is 0 Å². The molecule has 1 aliphatic rings. The van der Waals surface area contributed by atoms with Gasteiger partial charge in [-0.05, 0) is 32.5 Å². The Hall–Kier alpha value is -0.0300. The molecule has 0 radical (unpaired) electrons. The molecule has 1 fully saturated rings. The van der Waals surface area contributed by atoms with Crippen molar-refractivity contribution in [2.24, 2.45) is 11.7 Å². The highest BCUT2D eigenvalue weighted by atomic mass is 35.5. The van der Waals surface area contributed by atoms with E-state index in [4.69, 9.17) is 10.5 Å². The average Bonchev–Trinajstić information content (AvgIpc) is 2.45. The van der Waals surface area contributed by atoms with Gasteiger partial charge < -0.3 is 10.5 Å². The molecular weight excluding hydrogens is 227 g/mol. The van der Waals surface area contributed by atoms with Crippen LogP contribution < -0.4 is 5.73 Å². The van der Waals surface area contributed by atoms with Gasteiger partial charge in [0.2, 0.25) is 0 Å². The van der Waals surface area contributed by atoms with Crippen LogP contribution in [0.5, 0.6) is 0 Å². The fraction of sp³-hybridized carbons (Fsp3) is 0.875. The van der Waals surface area contributed by atoms with E-state index in [9.17, 15) is 4.79 Å². The predicted molar refractivity (Wildman–Crippen MR) is 60.1 cm³/mol. The fourth-order valence-corrected chi connectivity index (χ4v) is 1.77. The molecule has 1 heterocycles. The van der Waals surface area contributed by atoms with E-state index in [1.165, 1.54) is 7.11 Å². The molecule has 0 amide bonds. The van der Waals surface area contributed by atoms with Crippen LogP contribution in [0.3, 0.4) is 0 Å². The predicted octanol–water partition coefficient (Wildman–Crippen LogP) is 0.282. The highest BCUT2D eigenvalue weighted by Gasteiger charge is 2.36. The molecule has 1 aliphatic heterocycles. The van der Waals surface area contributed by atoms with Crippen LogP contribution in [0, 0.1) is 5.92 Å². The summed E-state index contributed by atoms with van der Waals surface area (Å²) < 4.78 is 4.70. The maximum Gasteiger partial charge on any atom is 0.323 e. The molecule has 0 aromatic carbocycles. The van der Waals surface area contributed by atoms with Gasteiger partial charge in [-0.25, -0.2) is 0 Å². The van der Waals surface area contributed by atoms with Gasteiger partial charge in [0, 0.05) is 0 Å². The normalized spacial score (nSPS) is 26.2. The summed E-state index contributed by atoms with van der Waals surface area (Å²) in [4.78, 5) is 13.3. The number of likely N-dealkylation sites (tertiary alicyclic amines) is 1. The third-order valence-corrected chi connectivity index (χ3v) is 2.52. The van der Waals surface area contributed by atoms with Gasteiger partial charge in [0.15, 0.2) is 0 Å². The Morgan fingerprint density at radius 2 is 2.14 bits per heavy atom. The summed E-state index contributed by atoms with van der Waals surface area (Å²) in [7, 11) is 3.35. The topological polar surface area (TPSA) is 55.6 Å². The van der Waals surface area contributed by atoms with Gasteiger partial charge in [0.05, 0.1) is 7.11 Å². The zero-order chi connectivity index (χ0) is 9.14. The van der Waals surface area contributed by atoms with Crippen molar-refractivity contribution in [3.05, 3.63) is 0 Å². The maximum atomic E-state index is 11.3. The molecule has 14 heavy (non-hydrogen) atoms. The highest BCUT2D eigenvalue weighted by Crippen LogP contribution is 2.22. The maximum absolute atomic E-state index is 11.3. The van der Waals surface area contributed by atoms with Crippen molar-refractivity contribution in [2.75, 3.05) is 27.2 Å². The number of halogens is 2. The number of carbonyl (C=O) groups excluding carboxylic acids is 1. The number of methoxy groups -OCH3 is 1. The van der Waals surface area contributed by atoms with Crippen LogP contribution in [-0.4, -0.2) is 44.2 Å². The standard InChI is InChI=1S/C8H16N2O2.2ClH/c1-10-4-3-6(5-9)7(10)8(11)12-2;;/h6-7H,3-5,9H2,1-2H3;2*1H/t6-,7+;;/m1../s1. The van der Waals surface area contributed by atoms with Crippen LogP contribution in [0.4, 0.5) is 0 Å². The molecule has 0 unspecified atom stereocenters. The summed E-state index contributed by atoms with van der Waals surface area (Å²) in [6, 6.07) is -0.125. The lowest BCUT2D eigenvalue weighted by Crippen LogP contribution is -2.40. The average molecular weight is 245 g/mol. The number of hydrogen-bond donors (Lipinski definition) is 1. The molecule has 0 bridgehead atoms. The number of nitrogens with two attached hydrogens (primary N) is 1. The van der Waals surface area contributed by atoms with Crippen LogP contribution in [-0.2, 0) is 9.53 Å². The smallest absolute Gasteiger partial charge is 0.323 e. The molecule has 2 N–H and O–H groups in total. The number of ether oxygens (including phenoxy) is 1. The summed E-state index contributed by atoms with van der Waals surface area (Å²) in [5.74, 6) is 0.105. The molecule has 0 aromatic heterocycles. The summed E-state index contributed by atoms with van der Waals surface area (Å²) in [6.07, 6.45) is 0.993. The van der Waals surface area contributed by atoms with E-state index in [0.717, 1.165) is 13.0 Å². The minimum absolute atomic E-state index is 0. The summed E-state index contributed by atoms with van der Waals surface area (Å²) in [5, 5.41) is 0. The molecule has 0 saturated carbocycles. The Kier molecular flexibility index (Phi) is 8.54. The van der Waals surface area contributed by atoms with Crippen LogP contribution in [0.1, 0.15) is 6.42 Å². The van der Waals surface area contributed by atoms with Gasteiger partial charge in [-0.15, -0.1) is 24.8 Å². The SMILES string of the molecule is COC(=O)[C@@H]1[C@@H](CN)CCN1C.Cl.Cl. The van der Waals surface area contributed by atoms with Crippen molar-refractivity contribution in [2.45, 2.75) is 12.5 Å². The van der Waals surface area contributed by atoms with E-state index < -0.39 is 0 Å². The molecule has 0 spiro atoms. The van der Waals surface area contributed by atoms with Crippen LogP contribution in [0.2, 0.25) is 0 Å². The lowest BCUT2D eigenvalue weighted by molar-refractivity contribution is -0.146. The first-order valence-corrected chi connectivity index (χ1v) is 4.18. The van der Waals surface area contributed by atoms with E-state index in [1.807, 2.05) is 11.9 Å². The van der Waals surface area contributed by atoms with Crippen molar-refractivity contribution in [3.63, 3.8) is 0 Å². The van der Waals surface area contributed by atoms with Crippen LogP contribution in [0.25, 0.3) is 0 Å². The van der Waals surface area contributed by atoms with Gasteiger partial charge in [-0.2, -0.15) is 0 Å². The highest BCUT2D eigenvalue weighted by molar-refractivity contribution is 5.85.